The van der Waals surface area contributed by atoms with Gasteiger partial charge in [-0.15, -0.1) is 0 Å². The molecule has 2 aromatic carbocycles. The van der Waals surface area contributed by atoms with Crippen LogP contribution in [0.1, 0.15) is 19.4 Å². The Labute approximate surface area is 197 Å². The molecule has 6 heteroatoms. The number of rotatable bonds is 3. The van der Waals surface area contributed by atoms with Crippen LogP contribution in [-0.2, 0) is 4.74 Å². The highest BCUT2D eigenvalue weighted by molar-refractivity contribution is 8.06. The molecule has 4 nitrogen and oxygen atoms in total. The van der Waals surface area contributed by atoms with Gasteiger partial charge in [0.05, 0.1) is 21.9 Å². The molecule has 162 valence electrons. The lowest BCUT2D eigenvalue weighted by atomic mass is 9.73. The second-order valence-electron chi connectivity index (χ2n) is 8.78. The van der Waals surface area contributed by atoms with Crippen molar-refractivity contribution in [3.8, 4) is 5.75 Å². The molecule has 6 rings (SSSR count). The van der Waals surface area contributed by atoms with Gasteiger partial charge >= 0.3 is 0 Å². The van der Waals surface area contributed by atoms with Crippen molar-refractivity contribution in [2.24, 2.45) is 4.99 Å². The normalized spacial score (nSPS) is 28.2. The second-order valence-corrected chi connectivity index (χ2v) is 10.9. The van der Waals surface area contributed by atoms with Crippen LogP contribution in [0.15, 0.2) is 92.4 Å². The van der Waals surface area contributed by atoms with E-state index in [0.29, 0.717) is 5.90 Å². The van der Waals surface area contributed by atoms with E-state index in [9.17, 15) is 0 Å². The highest BCUT2D eigenvalue weighted by Gasteiger charge is 2.62. The second kappa shape index (κ2) is 6.93. The summed E-state index contributed by atoms with van der Waals surface area (Å²) in [4.78, 5) is 7.48. The Kier molecular flexibility index (Phi) is 4.33. The van der Waals surface area contributed by atoms with Crippen LogP contribution < -0.4 is 9.64 Å². The van der Waals surface area contributed by atoms with Crippen molar-refractivity contribution in [3.05, 3.63) is 93.0 Å². The van der Waals surface area contributed by atoms with E-state index in [-0.39, 0.29) is 4.75 Å². The number of anilines is 1. The van der Waals surface area contributed by atoms with Crippen molar-refractivity contribution in [3.63, 3.8) is 0 Å². The maximum atomic E-state index is 6.69. The van der Waals surface area contributed by atoms with E-state index in [0.717, 1.165) is 40.2 Å². The number of halogens is 1. The molecule has 1 saturated heterocycles. The molecule has 0 saturated carbocycles. The first-order chi connectivity index (χ1) is 15.4. The number of aliphatic imine (C=N–C) groups is 1. The largest absolute Gasteiger partial charge is 0.497 e. The SMILES string of the molecule is COc1ccc(N2CC3=C4N=C(c5ccccc5)O[C@@]4(C)[C@]4(C)SC(Cl)=CC4=C3C2)cc1. The average molecular weight is 463 g/mol. The molecule has 0 N–H and O–H groups in total. The molecule has 2 aromatic rings. The van der Waals surface area contributed by atoms with E-state index < -0.39 is 5.60 Å². The third kappa shape index (κ3) is 2.67. The Hall–Kier alpha value is -2.63. The number of allylic oxidation sites excluding steroid dienone is 1. The number of fused-ring (bicyclic) bond motifs is 4. The van der Waals surface area contributed by atoms with Crippen LogP contribution in [0.2, 0.25) is 0 Å². The minimum Gasteiger partial charge on any atom is -0.497 e. The van der Waals surface area contributed by atoms with Gasteiger partial charge in [-0.1, -0.05) is 41.6 Å². The Balaban J connectivity index is 1.50. The summed E-state index contributed by atoms with van der Waals surface area (Å²) in [5, 5.41) is 0. The molecule has 4 aliphatic rings. The summed E-state index contributed by atoms with van der Waals surface area (Å²) in [6.07, 6.45) is 2.13. The zero-order chi connectivity index (χ0) is 22.1. The molecule has 0 unspecified atom stereocenters. The number of thioether (sulfide) groups is 1. The molecular formula is C26H23ClN2O2S. The predicted molar refractivity (Wildman–Crippen MR) is 132 cm³/mol. The fraction of sp³-hybridized carbons (Fsp3) is 0.269. The molecule has 1 aliphatic carbocycles. The minimum absolute atomic E-state index is 0.339. The van der Waals surface area contributed by atoms with E-state index in [1.807, 2.05) is 42.5 Å². The van der Waals surface area contributed by atoms with Gasteiger partial charge in [0.25, 0.3) is 0 Å². The summed E-state index contributed by atoms with van der Waals surface area (Å²) in [5.41, 5.74) is 6.42. The zero-order valence-corrected chi connectivity index (χ0v) is 19.8. The smallest absolute Gasteiger partial charge is 0.222 e. The summed E-state index contributed by atoms with van der Waals surface area (Å²) in [6, 6.07) is 18.4. The highest BCUT2D eigenvalue weighted by Crippen LogP contribution is 2.63. The number of benzene rings is 2. The van der Waals surface area contributed by atoms with E-state index >= 15 is 0 Å². The van der Waals surface area contributed by atoms with Gasteiger partial charge in [0.15, 0.2) is 5.60 Å². The molecular weight excluding hydrogens is 440 g/mol. The lowest BCUT2D eigenvalue weighted by molar-refractivity contribution is 0.104. The number of hydrogen-bond donors (Lipinski definition) is 0. The maximum absolute atomic E-state index is 6.69. The molecule has 0 aromatic heterocycles. The molecule has 0 radical (unpaired) electrons. The fourth-order valence-corrected chi connectivity index (χ4v) is 6.95. The molecule has 0 bridgehead atoms. The highest BCUT2D eigenvalue weighted by atomic mass is 35.5. The number of hydrogen-bond acceptors (Lipinski definition) is 5. The number of methoxy groups -OCH3 is 1. The van der Waals surface area contributed by atoms with Gasteiger partial charge in [-0.25, -0.2) is 4.99 Å². The van der Waals surface area contributed by atoms with Crippen LogP contribution in [0.5, 0.6) is 5.75 Å². The van der Waals surface area contributed by atoms with E-state index in [1.54, 1.807) is 18.9 Å². The summed E-state index contributed by atoms with van der Waals surface area (Å²) < 4.78 is 12.5. The molecule has 2 atom stereocenters. The van der Waals surface area contributed by atoms with Crippen LogP contribution in [0.3, 0.4) is 0 Å². The summed E-state index contributed by atoms with van der Waals surface area (Å²) in [7, 11) is 1.69. The van der Waals surface area contributed by atoms with Crippen molar-refractivity contribution in [1.82, 2.24) is 0 Å². The van der Waals surface area contributed by atoms with Crippen LogP contribution in [0, 0.1) is 0 Å². The molecule has 32 heavy (non-hydrogen) atoms. The van der Waals surface area contributed by atoms with Crippen LogP contribution in [0.4, 0.5) is 5.69 Å². The van der Waals surface area contributed by atoms with E-state index in [4.69, 9.17) is 26.1 Å². The molecule has 3 heterocycles. The van der Waals surface area contributed by atoms with Crippen molar-refractivity contribution in [2.75, 3.05) is 25.1 Å². The first-order valence-electron chi connectivity index (χ1n) is 10.7. The van der Waals surface area contributed by atoms with Gasteiger partial charge in [-0.05, 0) is 67.5 Å². The molecule has 1 fully saturated rings. The van der Waals surface area contributed by atoms with Crippen molar-refractivity contribution in [1.29, 1.82) is 0 Å². The van der Waals surface area contributed by atoms with Crippen LogP contribution in [-0.4, -0.2) is 36.4 Å². The molecule has 3 aliphatic heterocycles. The van der Waals surface area contributed by atoms with Crippen LogP contribution >= 0.6 is 23.4 Å². The van der Waals surface area contributed by atoms with Gasteiger partial charge in [0, 0.05) is 29.9 Å². The van der Waals surface area contributed by atoms with Crippen molar-refractivity contribution in [2.45, 2.75) is 24.2 Å². The monoisotopic (exact) mass is 462 g/mol. The van der Waals surface area contributed by atoms with Crippen molar-refractivity contribution < 1.29 is 9.47 Å². The fourth-order valence-electron chi connectivity index (χ4n) is 5.19. The van der Waals surface area contributed by atoms with Gasteiger partial charge in [0.1, 0.15) is 5.75 Å². The predicted octanol–water partition coefficient (Wildman–Crippen LogP) is 5.90. The summed E-state index contributed by atoms with van der Waals surface area (Å²) in [5.74, 6) is 1.54. The number of ether oxygens (including phenoxy) is 2. The van der Waals surface area contributed by atoms with E-state index in [2.05, 4.69) is 37.0 Å². The zero-order valence-electron chi connectivity index (χ0n) is 18.2. The lowest BCUT2D eigenvalue weighted by Crippen LogP contribution is -2.51. The summed E-state index contributed by atoms with van der Waals surface area (Å²) in [6.45, 7) is 6.01. The topological polar surface area (TPSA) is 34.1 Å². The van der Waals surface area contributed by atoms with Gasteiger partial charge < -0.3 is 14.4 Å². The Morgan fingerprint density at radius 2 is 1.75 bits per heavy atom. The first kappa shape index (κ1) is 20.0. The van der Waals surface area contributed by atoms with E-state index in [1.165, 1.54) is 16.7 Å². The third-order valence-corrected chi connectivity index (χ3v) is 8.75. The lowest BCUT2D eigenvalue weighted by Gasteiger charge is -2.44. The van der Waals surface area contributed by atoms with Crippen molar-refractivity contribution >= 4 is 34.9 Å². The van der Waals surface area contributed by atoms with Crippen LogP contribution in [0.25, 0.3) is 0 Å². The Morgan fingerprint density at radius 1 is 1.03 bits per heavy atom. The average Bonchev–Trinajstić information content (AvgIpc) is 3.48. The molecule has 0 spiro atoms. The standard InChI is InChI=1S/C26H23ClN2O2S/c1-25-23(28-24(31-25)16-7-5-4-6-8-16)20-15-29(17-9-11-18(30-3)12-10-17)14-19(20)21-13-22(27)32-26(21,25)2/h4-13H,14-15H2,1-3H3/t25-,26-/m1/s1. The first-order valence-corrected chi connectivity index (χ1v) is 11.9. The van der Waals surface area contributed by atoms with Gasteiger partial charge in [-0.2, -0.15) is 0 Å². The number of nitrogens with zero attached hydrogens (tertiary/aromatic N) is 2. The summed E-state index contributed by atoms with van der Waals surface area (Å²) >= 11 is 8.29. The Bertz CT molecular complexity index is 1250. The van der Waals surface area contributed by atoms with Gasteiger partial charge in [-0.3, -0.25) is 0 Å². The maximum Gasteiger partial charge on any atom is 0.222 e. The van der Waals surface area contributed by atoms with Gasteiger partial charge in [0.2, 0.25) is 5.90 Å². The quantitative estimate of drug-likeness (QED) is 0.568. The Morgan fingerprint density at radius 3 is 2.47 bits per heavy atom. The minimum atomic E-state index is -0.597. The molecule has 0 amide bonds. The third-order valence-electron chi connectivity index (χ3n) is 7.08.